The van der Waals surface area contributed by atoms with Gasteiger partial charge in [0.25, 0.3) is 5.91 Å². The number of rotatable bonds is 5. The zero-order valence-electron chi connectivity index (χ0n) is 14.6. The minimum absolute atomic E-state index is 0.0392. The molecule has 2 heterocycles. The summed E-state index contributed by atoms with van der Waals surface area (Å²) in [5, 5.41) is 0. The van der Waals surface area contributed by atoms with Crippen molar-refractivity contribution in [2.75, 3.05) is 25.0 Å². The lowest BCUT2D eigenvalue weighted by atomic mass is 10.2. The Hall–Kier alpha value is -2.43. The topological polar surface area (TPSA) is 49.3 Å². The van der Waals surface area contributed by atoms with Gasteiger partial charge in [0.15, 0.2) is 0 Å². The molecule has 0 N–H and O–H groups in total. The van der Waals surface area contributed by atoms with E-state index in [-0.39, 0.29) is 5.91 Å². The van der Waals surface area contributed by atoms with Gasteiger partial charge in [-0.3, -0.25) is 4.79 Å². The van der Waals surface area contributed by atoms with Crippen molar-refractivity contribution in [1.29, 1.82) is 0 Å². The fourth-order valence-corrected chi connectivity index (χ4v) is 3.02. The van der Waals surface area contributed by atoms with E-state index in [1.807, 2.05) is 20.0 Å². The van der Waals surface area contributed by atoms with E-state index in [0.717, 1.165) is 43.7 Å². The van der Waals surface area contributed by atoms with Gasteiger partial charge in [-0.25, -0.2) is 9.97 Å². The van der Waals surface area contributed by atoms with Crippen LogP contribution in [0.15, 0.2) is 30.3 Å². The lowest BCUT2D eigenvalue weighted by molar-refractivity contribution is 0.0787. The van der Waals surface area contributed by atoms with E-state index in [1.165, 1.54) is 5.56 Å². The third-order valence-electron chi connectivity index (χ3n) is 4.38. The van der Waals surface area contributed by atoms with Crippen molar-refractivity contribution in [1.82, 2.24) is 14.9 Å². The largest absolute Gasteiger partial charge is 0.340 e. The predicted molar refractivity (Wildman–Crippen MR) is 95.8 cm³/mol. The summed E-state index contributed by atoms with van der Waals surface area (Å²) < 4.78 is 0. The second kappa shape index (κ2) is 6.99. The predicted octanol–water partition coefficient (Wildman–Crippen LogP) is 3.35. The highest BCUT2D eigenvalue weighted by Crippen LogP contribution is 2.32. The van der Waals surface area contributed by atoms with E-state index >= 15 is 0 Å². The molecule has 24 heavy (non-hydrogen) atoms. The van der Waals surface area contributed by atoms with Crippen molar-refractivity contribution in [2.45, 2.75) is 33.1 Å². The zero-order chi connectivity index (χ0) is 17.1. The van der Waals surface area contributed by atoms with E-state index in [1.54, 1.807) is 11.0 Å². The first-order valence-corrected chi connectivity index (χ1v) is 8.56. The van der Waals surface area contributed by atoms with Crippen molar-refractivity contribution < 1.29 is 4.79 Å². The Bertz CT molecular complexity index is 744. The Balaban J connectivity index is 1.89. The number of fused-ring (bicyclic) bond motifs is 1. The number of nitrogens with zero attached hydrogens (tertiary/aromatic N) is 4. The number of carbonyl (C=O) groups is 1. The Morgan fingerprint density at radius 1 is 1.29 bits per heavy atom. The molecule has 0 aliphatic carbocycles. The van der Waals surface area contributed by atoms with Crippen LogP contribution in [0.25, 0.3) is 0 Å². The van der Waals surface area contributed by atoms with Crippen LogP contribution in [0.3, 0.4) is 0 Å². The van der Waals surface area contributed by atoms with Crippen LogP contribution in [0.4, 0.5) is 11.6 Å². The maximum atomic E-state index is 12.6. The molecule has 0 saturated heterocycles. The molecule has 1 aromatic carbocycles. The molecular formula is C19H24N4O. The average Bonchev–Trinajstić information content (AvgIpc) is 3.02. The second-order valence-corrected chi connectivity index (χ2v) is 6.31. The number of hydrogen-bond donors (Lipinski definition) is 0. The Kier molecular flexibility index (Phi) is 4.79. The highest BCUT2D eigenvalue weighted by atomic mass is 16.2. The molecule has 0 unspecified atom stereocenters. The molecule has 1 aromatic heterocycles. The number of hydrogen-bond acceptors (Lipinski definition) is 4. The molecule has 3 rings (SSSR count). The van der Waals surface area contributed by atoms with E-state index < -0.39 is 0 Å². The monoisotopic (exact) mass is 324 g/mol. The van der Waals surface area contributed by atoms with Crippen molar-refractivity contribution >= 4 is 17.5 Å². The van der Waals surface area contributed by atoms with Crippen molar-refractivity contribution in [3.63, 3.8) is 0 Å². The van der Waals surface area contributed by atoms with Crippen LogP contribution in [-0.4, -0.2) is 40.9 Å². The summed E-state index contributed by atoms with van der Waals surface area (Å²) >= 11 is 0. The molecular weight excluding hydrogens is 300 g/mol. The fourth-order valence-electron chi connectivity index (χ4n) is 3.02. The average molecular weight is 324 g/mol. The molecule has 1 amide bonds. The standard InChI is InChI=1S/C19H24N4O/c1-4-5-11-22(3)18(24)16-13-14(2)20-19(21-16)23-12-10-15-8-6-7-9-17(15)23/h6-9,13H,4-5,10-12H2,1-3H3. The molecule has 1 aliphatic rings. The summed E-state index contributed by atoms with van der Waals surface area (Å²) in [5.41, 5.74) is 3.73. The molecule has 1 aliphatic heterocycles. The Morgan fingerprint density at radius 2 is 2.08 bits per heavy atom. The van der Waals surface area contributed by atoms with Gasteiger partial charge in [0.2, 0.25) is 5.95 Å². The zero-order valence-corrected chi connectivity index (χ0v) is 14.6. The lowest BCUT2D eigenvalue weighted by Crippen LogP contribution is -2.29. The molecule has 0 fully saturated rings. The van der Waals surface area contributed by atoms with Crippen molar-refractivity contribution in [3.8, 4) is 0 Å². The first kappa shape index (κ1) is 16.4. The highest BCUT2D eigenvalue weighted by Gasteiger charge is 2.24. The minimum atomic E-state index is -0.0392. The number of benzene rings is 1. The van der Waals surface area contributed by atoms with Crippen LogP contribution in [0.2, 0.25) is 0 Å². The van der Waals surface area contributed by atoms with Crippen LogP contribution in [0, 0.1) is 6.92 Å². The number of para-hydroxylation sites is 1. The SMILES string of the molecule is CCCCN(C)C(=O)c1cc(C)nc(N2CCc3ccccc32)n1. The van der Waals surface area contributed by atoms with Crippen LogP contribution in [0.5, 0.6) is 0 Å². The van der Waals surface area contributed by atoms with Crippen LogP contribution in [0.1, 0.15) is 41.5 Å². The van der Waals surface area contributed by atoms with E-state index in [4.69, 9.17) is 0 Å². The summed E-state index contributed by atoms with van der Waals surface area (Å²) in [6.45, 7) is 5.63. The Labute approximate surface area is 143 Å². The van der Waals surface area contributed by atoms with E-state index in [2.05, 4.69) is 40.0 Å². The Morgan fingerprint density at radius 3 is 2.88 bits per heavy atom. The molecule has 5 nitrogen and oxygen atoms in total. The lowest BCUT2D eigenvalue weighted by Gasteiger charge is -2.20. The summed E-state index contributed by atoms with van der Waals surface area (Å²) in [6, 6.07) is 10.1. The summed E-state index contributed by atoms with van der Waals surface area (Å²) in [5.74, 6) is 0.579. The first-order valence-electron chi connectivity index (χ1n) is 8.56. The first-order chi connectivity index (χ1) is 11.6. The van der Waals surface area contributed by atoms with Gasteiger partial charge in [-0.1, -0.05) is 31.5 Å². The number of anilines is 2. The van der Waals surface area contributed by atoms with Gasteiger partial charge < -0.3 is 9.80 Å². The molecule has 0 saturated carbocycles. The van der Waals surface area contributed by atoms with Gasteiger partial charge in [-0.2, -0.15) is 0 Å². The molecule has 0 bridgehead atoms. The van der Waals surface area contributed by atoms with Crippen molar-refractivity contribution in [2.24, 2.45) is 0 Å². The van der Waals surface area contributed by atoms with Gasteiger partial charge in [0.05, 0.1) is 0 Å². The summed E-state index contributed by atoms with van der Waals surface area (Å²) in [7, 11) is 1.83. The summed E-state index contributed by atoms with van der Waals surface area (Å²) in [4.78, 5) is 25.6. The number of unbranched alkanes of at least 4 members (excludes halogenated alkanes) is 1. The maximum Gasteiger partial charge on any atom is 0.272 e. The molecule has 0 radical (unpaired) electrons. The van der Waals surface area contributed by atoms with Gasteiger partial charge in [-0.15, -0.1) is 0 Å². The minimum Gasteiger partial charge on any atom is -0.340 e. The number of aromatic nitrogens is 2. The normalized spacial score (nSPS) is 13.0. The third-order valence-corrected chi connectivity index (χ3v) is 4.38. The van der Waals surface area contributed by atoms with Crippen LogP contribution >= 0.6 is 0 Å². The fraction of sp³-hybridized carbons (Fsp3) is 0.421. The number of aryl methyl sites for hydroxylation is 1. The number of amides is 1. The maximum absolute atomic E-state index is 12.6. The molecule has 0 atom stereocenters. The smallest absolute Gasteiger partial charge is 0.272 e. The molecule has 2 aromatic rings. The molecule has 0 spiro atoms. The quantitative estimate of drug-likeness (QED) is 0.846. The molecule has 5 heteroatoms. The van der Waals surface area contributed by atoms with Gasteiger partial charge >= 0.3 is 0 Å². The second-order valence-electron chi connectivity index (χ2n) is 6.31. The van der Waals surface area contributed by atoms with Gasteiger partial charge in [0.1, 0.15) is 5.69 Å². The van der Waals surface area contributed by atoms with Gasteiger partial charge in [-0.05, 0) is 37.5 Å². The van der Waals surface area contributed by atoms with E-state index in [9.17, 15) is 4.79 Å². The molecule has 126 valence electrons. The van der Waals surface area contributed by atoms with E-state index in [0.29, 0.717) is 11.6 Å². The van der Waals surface area contributed by atoms with Crippen LogP contribution in [-0.2, 0) is 6.42 Å². The summed E-state index contributed by atoms with van der Waals surface area (Å²) in [6.07, 6.45) is 3.04. The third kappa shape index (κ3) is 3.25. The van der Waals surface area contributed by atoms with Gasteiger partial charge in [0, 0.05) is 31.5 Å². The highest BCUT2D eigenvalue weighted by molar-refractivity contribution is 5.92. The van der Waals surface area contributed by atoms with Crippen LogP contribution < -0.4 is 4.90 Å². The van der Waals surface area contributed by atoms with Crippen molar-refractivity contribution in [3.05, 3.63) is 47.3 Å². The number of carbonyl (C=O) groups excluding carboxylic acids is 1.